The van der Waals surface area contributed by atoms with Crippen LogP contribution >= 0.6 is 15.9 Å². The molecule has 0 bridgehead atoms. The number of amides is 1. The van der Waals surface area contributed by atoms with Gasteiger partial charge in [0.2, 0.25) is 5.91 Å². The number of halogens is 1. The van der Waals surface area contributed by atoms with Gasteiger partial charge in [0.1, 0.15) is 0 Å². The Morgan fingerprint density at radius 3 is 3.06 bits per heavy atom. The van der Waals surface area contributed by atoms with E-state index in [1.165, 1.54) is 0 Å². The maximum Gasteiger partial charge on any atom is 0.236 e. The third-order valence-electron chi connectivity index (χ3n) is 2.60. The molecule has 1 fully saturated rings. The Morgan fingerprint density at radius 1 is 1.56 bits per heavy atom. The molecule has 1 aliphatic heterocycles. The number of nitrogens with zero attached hydrogens (tertiary/aromatic N) is 1. The molecular weight excluding hydrogens is 272 g/mol. The molecule has 4 nitrogen and oxygen atoms in total. The van der Waals surface area contributed by atoms with Crippen molar-refractivity contribution < 1.29 is 9.90 Å². The van der Waals surface area contributed by atoms with Crippen LogP contribution in [0.25, 0.3) is 0 Å². The van der Waals surface area contributed by atoms with Crippen LogP contribution in [0.1, 0.15) is 18.0 Å². The SMILES string of the molecule is O=C1CC(c2cccc(Br)c2)N(CCO)N1. The van der Waals surface area contributed by atoms with E-state index in [1.54, 1.807) is 5.01 Å². The van der Waals surface area contributed by atoms with E-state index < -0.39 is 0 Å². The summed E-state index contributed by atoms with van der Waals surface area (Å²) in [5.41, 5.74) is 3.81. The monoisotopic (exact) mass is 284 g/mol. The number of carbonyl (C=O) groups excluding carboxylic acids is 1. The molecule has 0 spiro atoms. The van der Waals surface area contributed by atoms with Crippen LogP contribution < -0.4 is 5.43 Å². The highest BCUT2D eigenvalue weighted by Crippen LogP contribution is 2.28. The van der Waals surface area contributed by atoms with Gasteiger partial charge in [-0.25, -0.2) is 5.01 Å². The lowest BCUT2D eigenvalue weighted by atomic mass is 10.0. The van der Waals surface area contributed by atoms with E-state index in [1.807, 2.05) is 24.3 Å². The lowest BCUT2D eigenvalue weighted by molar-refractivity contribution is -0.121. The van der Waals surface area contributed by atoms with Crippen molar-refractivity contribution in [1.82, 2.24) is 10.4 Å². The molecule has 1 aromatic carbocycles. The summed E-state index contributed by atoms with van der Waals surface area (Å²) < 4.78 is 0.994. The molecule has 16 heavy (non-hydrogen) atoms. The van der Waals surface area contributed by atoms with Crippen molar-refractivity contribution in [2.75, 3.05) is 13.2 Å². The van der Waals surface area contributed by atoms with Gasteiger partial charge in [0, 0.05) is 17.4 Å². The Bertz CT molecular complexity index is 397. The predicted octanol–water partition coefficient (Wildman–Crippen LogP) is 1.22. The number of aliphatic hydroxyl groups excluding tert-OH is 1. The zero-order valence-electron chi connectivity index (χ0n) is 8.69. The number of rotatable bonds is 3. The number of β-amino-alcohol motifs (C(OH)–C–C–N with tert-alkyl or cyclic N) is 1. The Labute approximate surface area is 102 Å². The van der Waals surface area contributed by atoms with Gasteiger partial charge >= 0.3 is 0 Å². The molecule has 0 saturated carbocycles. The van der Waals surface area contributed by atoms with Crippen molar-refractivity contribution in [3.8, 4) is 0 Å². The van der Waals surface area contributed by atoms with E-state index in [0.29, 0.717) is 13.0 Å². The fourth-order valence-electron chi connectivity index (χ4n) is 1.90. The standard InChI is InChI=1S/C11H13BrN2O2/c12-9-3-1-2-8(6-9)10-7-11(16)13-14(10)4-5-15/h1-3,6,10,15H,4-5,7H2,(H,13,16). The molecule has 0 radical (unpaired) electrons. The molecule has 86 valence electrons. The number of nitrogens with one attached hydrogen (secondary N) is 1. The van der Waals surface area contributed by atoms with Gasteiger partial charge in [0.25, 0.3) is 0 Å². The molecule has 0 aliphatic carbocycles. The van der Waals surface area contributed by atoms with E-state index in [-0.39, 0.29) is 18.6 Å². The first-order valence-electron chi connectivity index (χ1n) is 5.13. The molecule has 2 N–H and O–H groups in total. The van der Waals surface area contributed by atoms with E-state index in [0.717, 1.165) is 10.0 Å². The topological polar surface area (TPSA) is 52.6 Å². The van der Waals surface area contributed by atoms with Gasteiger partial charge in [-0.2, -0.15) is 0 Å². The molecule has 0 aromatic heterocycles. The van der Waals surface area contributed by atoms with Gasteiger partial charge in [-0.15, -0.1) is 0 Å². The maximum absolute atomic E-state index is 11.4. The molecular formula is C11H13BrN2O2. The lowest BCUT2D eigenvalue weighted by Crippen LogP contribution is -2.36. The maximum atomic E-state index is 11.4. The van der Waals surface area contributed by atoms with Crippen LogP contribution in [0.4, 0.5) is 0 Å². The summed E-state index contributed by atoms with van der Waals surface area (Å²) in [6, 6.07) is 7.89. The normalized spacial score (nSPS) is 21.1. The number of benzene rings is 1. The fourth-order valence-corrected chi connectivity index (χ4v) is 2.32. The third kappa shape index (κ3) is 2.42. The number of hydrogen-bond donors (Lipinski definition) is 2. The van der Waals surface area contributed by atoms with Crippen molar-refractivity contribution in [3.05, 3.63) is 34.3 Å². The zero-order chi connectivity index (χ0) is 11.5. The van der Waals surface area contributed by atoms with E-state index in [9.17, 15) is 4.79 Å². The van der Waals surface area contributed by atoms with Crippen molar-refractivity contribution >= 4 is 21.8 Å². The van der Waals surface area contributed by atoms with Gasteiger partial charge in [-0.3, -0.25) is 10.2 Å². The average molecular weight is 285 g/mol. The summed E-state index contributed by atoms with van der Waals surface area (Å²) >= 11 is 3.41. The zero-order valence-corrected chi connectivity index (χ0v) is 10.3. The van der Waals surface area contributed by atoms with Gasteiger partial charge in [-0.05, 0) is 17.7 Å². The van der Waals surface area contributed by atoms with Gasteiger partial charge < -0.3 is 5.11 Å². The fraction of sp³-hybridized carbons (Fsp3) is 0.364. The van der Waals surface area contributed by atoms with Crippen molar-refractivity contribution in [2.45, 2.75) is 12.5 Å². The van der Waals surface area contributed by atoms with E-state index in [4.69, 9.17) is 5.11 Å². The number of hydrazine groups is 1. The third-order valence-corrected chi connectivity index (χ3v) is 3.09. The molecule has 1 unspecified atom stereocenters. The minimum atomic E-state index is -0.00146. The molecule has 1 heterocycles. The highest BCUT2D eigenvalue weighted by atomic mass is 79.9. The molecule has 2 rings (SSSR count). The highest BCUT2D eigenvalue weighted by Gasteiger charge is 2.30. The molecule has 1 amide bonds. The van der Waals surface area contributed by atoms with E-state index in [2.05, 4.69) is 21.4 Å². The van der Waals surface area contributed by atoms with Crippen LogP contribution in [0.5, 0.6) is 0 Å². The second kappa shape index (κ2) is 4.95. The number of aliphatic hydroxyl groups is 1. The van der Waals surface area contributed by atoms with Crippen LogP contribution in [0.3, 0.4) is 0 Å². The first-order chi connectivity index (χ1) is 7.70. The van der Waals surface area contributed by atoms with Crippen LogP contribution in [0.2, 0.25) is 0 Å². The van der Waals surface area contributed by atoms with Crippen molar-refractivity contribution in [3.63, 3.8) is 0 Å². The largest absolute Gasteiger partial charge is 0.395 e. The summed E-state index contributed by atoms with van der Waals surface area (Å²) in [5, 5.41) is 10.7. The van der Waals surface area contributed by atoms with Crippen LogP contribution in [-0.4, -0.2) is 29.2 Å². The van der Waals surface area contributed by atoms with E-state index >= 15 is 0 Å². The van der Waals surface area contributed by atoms with Crippen LogP contribution in [0, 0.1) is 0 Å². The number of hydrogen-bond acceptors (Lipinski definition) is 3. The van der Waals surface area contributed by atoms with Gasteiger partial charge in [-0.1, -0.05) is 28.1 Å². The quantitative estimate of drug-likeness (QED) is 0.878. The summed E-state index contributed by atoms with van der Waals surface area (Å²) in [7, 11) is 0. The molecule has 1 aromatic rings. The smallest absolute Gasteiger partial charge is 0.236 e. The number of carbonyl (C=O) groups is 1. The Morgan fingerprint density at radius 2 is 2.38 bits per heavy atom. The van der Waals surface area contributed by atoms with Gasteiger partial charge in [0.05, 0.1) is 12.6 Å². The first kappa shape index (κ1) is 11.6. The molecule has 5 heteroatoms. The Kier molecular flexibility index (Phi) is 3.58. The first-order valence-corrected chi connectivity index (χ1v) is 5.92. The second-order valence-corrected chi connectivity index (χ2v) is 4.64. The molecule has 1 saturated heterocycles. The van der Waals surface area contributed by atoms with Crippen LogP contribution in [-0.2, 0) is 4.79 Å². The van der Waals surface area contributed by atoms with Crippen molar-refractivity contribution in [2.24, 2.45) is 0 Å². The summed E-state index contributed by atoms with van der Waals surface area (Å²) in [5.74, 6) is -0.00146. The minimum absolute atomic E-state index is 0.00146. The summed E-state index contributed by atoms with van der Waals surface area (Å²) in [6.45, 7) is 0.480. The highest BCUT2D eigenvalue weighted by molar-refractivity contribution is 9.10. The lowest BCUT2D eigenvalue weighted by Gasteiger charge is -2.22. The second-order valence-electron chi connectivity index (χ2n) is 3.73. The van der Waals surface area contributed by atoms with Crippen molar-refractivity contribution in [1.29, 1.82) is 0 Å². The average Bonchev–Trinajstić information content (AvgIpc) is 2.60. The minimum Gasteiger partial charge on any atom is -0.395 e. The van der Waals surface area contributed by atoms with Crippen LogP contribution in [0.15, 0.2) is 28.7 Å². The van der Waals surface area contributed by atoms with Gasteiger partial charge in [0.15, 0.2) is 0 Å². The molecule has 1 aliphatic rings. The Balaban J connectivity index is 2.21. The molecule has 1 atom stereocenters. The summed E-state index contributed by atoms with van der Waals surface area (Å²) in [4.78, 5) is 11.4. The predicted molar refractivity (Wildman–Crippen MR) is 63.4 cm³/mol. The summed E-state index contributed by atoms with van der Waals surface area (Å²) in [6.07, 6.45) is 0.441. The Hall–Kier alpha value is -0.910.